The largest absolute Gasteiger partial charge is 0.469 e. The van der Waals surface area contributed by atoms with E-state index in [1.54, 1.807) is 6.26 Å². The van der Waals surface area contributed by atoms with Gasteiger partial charge in [0.2, 0.25) is 5.91 Å². The third-order valence-corrected chi connectivity index (χ3v) is 4.75. The maximum Gasteiger partial charge on any atom is 0.220 e. The van der Waals surface area contributed by atoms with E-state index in [0.717, 1.165) is 44.0 Å². The van der Waals surface area contributed by atoms with Crippen LogP contribution < -0.4 is 5.32 Å². The van der Waals surface area contributed by atoms with Crippen molar-refractivity contribution in [2.45, 2.75) is 18.9 Å². The first-order chi connectivity index (χ1) is 12.2. The van der Waals surface area contributed by atoms with E-state index in [4.69, 9.17) is 4.42 Å². The number of nitrogens with zero attached hydrogens (tertiary/aromatic N) is 2. The van der Waals surface area contributed by atoms with Crippen LogP contribution in [-0.2, 0) is 11.2 Å². The molecule has 0 saturated carbocycles. The quantitative estimate of drug-likeness (QED) is 0.840. The van der Waals surface area contributed by atoms with E-state index < -0.39 is 0 Å². The SMILES string of the molecule is CN1CCN(C[C@@H](NC(=O)CCc2ccco2)c2ccccc2)CC1. The van der Waals surface area contributed by atoms with Crippen molar-refractivity contribution in [1.82, 2.24) is 15.1 Å². The van der Waals surface area contributed by atoms with E-state index in [2.05, 4.69) is 34.3 Å². The van der Waals surface area contributed by atoms with Crippen LogP contribution in [0, 0.1) is 0 Å². The van der Waals surface area contributed by atoms with Gasteiger partial charge in [0, 0.05) is 45.6 Å². The summed E-state index contributed by atoms with van der Waals surface area (Å²) >= 11 is 0. The summed E-state index contributed by atoms with van der Waals surface area (Å²) in [6.45, 7) is 5.09. The maximum atomic E-state index is 12.4. The molecule has 25 heavy (non-hydrogen) atoms. The molecule has 134 valence electrons. The zero-order chi connectivity index (χ0) is 17.5. The molecule has 0 aliphatic carbocycles. The summed E-state index contributed by atoms with van der Waals surface area (Å²) in [6, 6.07) is 14.0. The Morgan fingerprint density at radius 1 is 1.12 bits per heavy atom. The minimum atomic E-state index is 0.0220. The van der Waals surface area contributed by atoms with Crippen LogP contribution in [0.25, 0.3) is 0 Å². The molecule has 0 unspecified atom stereocenters. The van der Waals surface area contributed by atoms with Crippen LogP contribution >= 0.6 is 0 Å². The zero-order valence-corrected chi connectivity index (χ0v) is 14.9. The first-order valence-electron chi connectivity index (χ1n) is 8.98. The lowest BCUT2D eigenvalue weighted by Gasteiger charge is -2.35. The van der Waals surface area contributed by atoms with Gasteiger partial charge in [0.05, 0.1) is 12.3 Å². The van der Waals surface area contributed by atoms with Crippen LogP contribution in [-0.4, -0.2) is 55.5 Å². The predicted octanol–water partition coefficient (Wildman–Crippen LogP) is 2.32. The number of rotatable bonds is 7. The summed E-state index contributed by atoms with van der Waals surface area (Å²) in [5.74, 6) is 0.921. The fourth-order valence-corrected chi connectivity index (χ4v) is 3.17. The molecule has 1 saturated heterocycles. The van der Waals surface area contributed by atoms with Gasteiger partial charge < -0.3 is 14.6 Å². The summed E-state index contributed by atoms with van der Waals surface area (Å²) in [4.78, 5) is 17.2. The standard InChI is InChI=1S/C20H27N3O2/c1-22-11-13-23(14-12-22)16-19(17-6-3-2-4-7-17)21-20(24)10-9-18-8-5-15-25-18/h2-8,15,19H,9-14,16H2,1H3,(H,21,24)/t19-/m1/s1. The monoisotopic (exact) mass is 341 g/mol. The molecule has 1 aromatic carbocycles. The Hall–Kier alpha value is -2.11. The van der Waals surface area contributed by atoms with Gasteiger partial charge in [-0.2, -0.15) is 0 Å². The maximum absolute atomic E-state index is 12.4. The van der Waals surface area contributed by atoms with Gasteiger partial charge in [-0.1, -0.05) is 30.3 Å². The second kappa shape index (κ2) is 8.83. The Morgan fingerprint density at radius 3 is 2.56 bits per heavy atom. The number of benzene rings is 1. The molecular formula is C20H27N3O2. The molecule has 5 heteroatoms. The normalized spacial score (nSPS) is 17.3. The predicted molar refractivity (Wildman–Crippen MR) is 98.3 cm³/mol. The molecule has 2 aromatic rings. The van der Waals surface area contributed by atoms with Crippen LogP contribution in [0.15, 0.2) is 53.1 Å². The molecule has 2 heterocycles. The molecule has 1 fully saturated rings. The Labute approximate surface area is 149 Å². The van der Waals surface area contributed by atoms with E-state index >= 15 is 0 Å². The average molecular weight is 341 g/mol. The first kappa shape index (κ1) is 17.7. The number of carbonyl (C=O) groups excluding carboxylic acids is 1. The van der Waals surface area contributed by atoms with Gasteiger partial charge in [-0.05, 0) is 24.7 Å². The number of hydrogen-bond donors (Lipinski definition) is 1. The van der Waals surface area contributed by atoms with E-state index in [1.807, 2.05) is 30.3 Å². The highest BCUT2D eigenvalue weighted by molar-refractivity contribution is 5.76. The summed E-state index contributed by atoms with van der Waals surface area (Å²) in [7, 11) is 2.16. The smallest absolute Gasteiger partial charge is 0.220 e. The minimum Gasteiger partial charge on any atom is -0.469 e. The van der Waals surface area contributed by atoms with Crippen LogP contribution in [0.3, 0.4) is 0 Å². The molecule has 3 rings (SSSR count). The zero-order valence-electron chi connectivity index (χ0n) is 14.9. The molecule has 1 atom stereocenters. The number of likely N-dealkylation sites (N-methyl/N-ethyl adjacent to an activating group) is 1. The third kappa shape index (κ3) is 5.44. The van der Waals surface area contributed by atoms with Crippen molar-refractivity contribution in [1.29, 1.82) is 0 Å². The Kier molecular flexibility index (Phi) is 6.25. The van der Waals surface area contributed by atoms with Crippen molar-refractivity contribution in [3.05, 3.63) is 60.1 Å². The number of piperazine rings is 1. The Bertz CT molecular complexity index is 634. The van der Waals surface area contributed by atoms with Crippen molar-refractivity contribution >= 4 is 5.91 Å². The summed E-state index contributed by atoms with van der Waals surface area (Å²) in [6.07, 6.45) is 2.72. The van der Waals surface area contributed by atoms with E-state index in [-0.39, 0.29) is 11.9 Å². The molecule has 0 bridgehead atoms. The Balaban J connectivity index is 1.59. The minimum absolute atomic E-state index is 0.0220. The van der Waals surface area contributed by atoms with Crippen LogP contribution in [0.2, 0.25) is 0 Å². The van der Waals surface area contributed by atoms with E-state index in [0.29, 0.717) is 12.8 Å². The summed E-state index contributed by atoms with van der Waals surface area (Å²) in [5.41, 5.74) is 1.16. The van der Waals surface area contributed by atoms with Crippen molar-refractivity contribution < 1.29 is 9.21 Å². The second-order valence-corrected chi connectivity index (χ2v) is 6.71. The number of nitrogens with one attached hydrogen (secondary N) is 1. The second-order valence-electron chi connectivity index (χ2n) is 6.71. The van der Waals surface area contributed by atoms with Crippen LogP contribution in [0.1, 0.15) is 23.8 Å². The van der Waals surface area contributed by atoms with Gasteiger partial charge in [0.15, 0.2) is 0 Å². The highest BCUT2D eigenvalue weighted by atomic mass is 16.3. The van der Waals surface area contributed by atoms with Gasteiger partial charge in [-0.25, -0.2) is 0 Å². The molecule has 1 aliphatic heterocycles. The van der Waals surface area contributed by atoms with Crippen molar-refractivity contribution in [3.8, 4) is 0 Å². The van der Waals surface area contributed by atoms with E-state index in [9.17, 15) is 4.79 Å². The lowest BCUT2D eigenvalue weighted by atomic mass is 10.1. The van der Waals surface area contributed by atoms with Gasteiger partial charge >= 0.3 is 0 Å². The highest BCUT2D eigenvalue weighted by Gasteiger charge is 2.21. The summed E-state index contributed by atoms with van der Waals surface area (Å²) in [5, 5.41) is 3.22. The number of furan rings is 1. The van der Waals surface area contributed by atoms with Gasteiger partial charge in [-0.3, -0.25) is 9.69 Å². The average Bonchev–Trinajstić information content (AvgIpc) is 3.16. The topological polar surface area (TPSA) is 48.7 Å². The number of amides is 1. The third-order valence-electron chi connectivity index (χ3n) is 4.75. The van der Waals surface area contributed by atoms with Crippen LogP contribution in [0.5, 0.6) is 0 Å². The van der Waals surface area contributed by atoms with Gasteiger partial charge in [-0.15, -0.1) is 0 Å². The number of carbonyl (C=O) groups is 1. The molecule has 5 nitrogen and oxygen atoms in total. The molecule has 1 aromatic heterocycles. The highest BCUT2D eigenvalue weighted by Crippen LogP contribution is 2.16. The van der Waals surface area contributed by atoms with Crippen molar-refractivity contribution in [2.24, 2.45) is 0 Å². The van der Waals surface area contributed by atoms with Gasteiger partial charge in [0.25, 0.3) is 0 Å². The fraction of sp³-hybridized carbons (Fsp3) is 0.450. The number of hydrogen-bond acceptors (Lipinski definition) is 4. The first-order valence-corrected chi connectivity index (χ1v) is 8.98. The number of aryl methyl sites for hydroxylation is 1. The molecule has 0 radical (unpaired) electrons. The molecule has 1 N–H and O–H groups in total. The van der Waals surface area contributed by atoms with Crippen molar-refractivity contribution in [2.75, 3.05) is 39.8 Å². The molecule has 0 spiro atoms. The fourth-order valence-electron chi connectivity index (χ4n) is 3.17. The molecular weight excluding hydrogens is 314 g/mol. The lowest BCUT2D eigenvalue weighted by Crippen LogP contribution is -2.47. The van der Waals surface area contributed by atoms with Crippen molar-refractivity contribution in [3.63, 3.8) is 0 Å². The van der Waals surface area contributed by atoms with Gasteiger partial charge in [0.1, 0.15) is 5.76 Å². The van der Waals surface area contributed by atoms with Crippen LogP contribution in [0.4, 0.5) is 0 Å². The summed E-state index contributed by atoms with van der Waals surface area (Å²) < 4.78 is 5.31. The lowest BCUT2D eigenvalue weighted by molar-refractivity contribution is -0.122. The van der Waals surface area contributed by atoms with E-state index in [1.165, 1.54) is 0 Å². The molecule has 1 amide bonds. The molecule has 1 aliphatic rings. The Morgan fingerprint density at radius 2 is 1.88 bits per heavy atom.